The van der Waals surface area contributed by atoms with Crippen molar-refractivity contribution in [1.29, 1.82) is 5.26 Å². The van der Waals surface area contributed by atoms with E-state index in [0.29, 0.717) is 12.0 Å². The predicted octanol–water partition coefficient (Wildman–Crippen LogP) is 2.97. The molecule has 0 aliphatic rings. The van der Waals surface area contributed by atoms with Crippen molar-refractivity contribution in [3.8, 4) is 6.07 Å². The Balaban J connectivity index is 2.25. The first-order valence-corrected chi connectivity index (χ1v) is 5.97. The number of hydrogen-bond acceptors (Lipinski definition) is 2. The predicted molar refractivity (Wildman–Crippen MR) is 71.7 cm³/mol. The van der Waals surface area contributed by atoms with E-state index in [9.17, 15) is 9.90 Å². The number of benzene rings is 2. The van der Waals surface area contributed by atoms with Crippen LogP contribution in [0, 0.1) is 11.3 Å². The number of carboxylic acid groups (broad SMARTS) is 1. The molecule has 0 saturated heterocycles. The third-order valence-corrected chi connectivity index (χ3v) is 3.02. The first kappa shape index (κ1) is 12.8. The molecule has 2 aromatic rings. The van der Waals surface area contributed by atoms with Gasteiger partial charge < -0.3 is 5.11 Å². The lowest BCUT2D eigenvalue weighted by Gasteiger charge is -2.12. The summed E-state index contributed by atoms with van der Waals surface area (Å²) in [7, 11) is 0. The molecule has 0 aliphatic carbocycles. The lowest BCUT2D eigenvalue weighted by Crippen LogP contribution is -2.14. The Morgan fingerprint density at radius 2 is 1.74 bits per heavy atom. The van der Waals surface area contributed by atoms with Crippen LogP contribution in [-0.4, -0.2) is 11.1 Å². The van der Waals surface area contributed by atoms with Crippen LogP contribution in [0.1, 0.15) is 22.6 Å². The van der Waals surface area contributed by atoms with Crippen LogP contribution in [0.4, 0.5) is 0 Å². The van der Waals surface area contributed by atoms with Gasteiger partial charge in [-0.25, -0.2) is 0 Å². The van der Waals surface area contributed by atoms with Gasteiger partial charge in [-0.2, -0.15) is 5.26 Å². The van der Waals surface area contributed by atoms with E-state index in [4.69, 9.17) is 5.26 Å². The van der Waals surface area contributed by atoms with E-state index >= 15 is 0 Å². The molecule has 1 unspecified atom stereocenters. The van der Waals surface area contributed by atoms with E-state index in [1.165, 1.54) is 0 Å². The van der Waals surface area contributed by atoms with E-state index in [2.05, 4.69) is 0 Å². The smallest absolute Gasteiger partial charge is 0.311 e. The van der Waals surface area contributed by atoms with Gasteiger partial charge in [-0.15, -0.1) is 0 Å². The second-order valence-corrected chi connectivity index (χ2v) is 4.31. The Labute approximate surface area is 111 Å². The molecule has 0 spiro atoms. The number of nitriles is 1. The maximum absolute atomic E-state index is 11.4. The molecule has 0 aromatic heterocycles. The molecule has 0 heterocycles. The zero-order valence-electron chi connectivity index (χ0n) is 10.3. The van der Waals surface area contributed by atoms with Crippen molar-refractivity contribution in [3.63, 3.8) is 0 Å². The minimum absolute atomic E-state index is 0.447. The largest absolute Gasteiger partial charge is 0.481 e. The van der Waals surface area contributed by atoms with Crippen molar-refractivity contribution >= 4 is 5.97 Å². The molecular formula is C16H13NO2. The lowest BCUT2D eigenvalue weighted by atomic mass is 9.91. The van der Waals surface area contributed by atoms with Gasteiger partial charge >= 0.3 is 5.97 Å². The lowest BCUT2D eigenvalue weighted by molar-refractivity contribution is -0.138. The second-order valence-electron chi connectivity index (χ2n) is 4.31. The van der Waals surface area contributed by atoms with Gasteiger partial charge in [-0.1, -0.05) is 42.5 Å². The van der Waals surface area contributed by atoms with Crippen LogP contribution in [0.5, 0.6) is 0 Å². The number of rotatable bonds is 4. The number of nitrogens with zero attached hydrogens (tertiary/aromatic N) is 1. The average molecular weight is 251 g/mol. The van der Waals surface area contributed by atoms with Gasteiger partial charge in [0.15, 0.2) is 0 Å². The summed E-state index contributed by atoms with van der Waals surface area (Å²) in [5.74, 6) is -1.44. The molecule has 0 aliphatic heterocycles. The van der Waals surface area contributed by atoms with Crippen molar-refractivity contribution in [2.45, 2.75) is 12.3 Å². The van der Waals surface area contributed by atoms with Crippen molar-refractivity contribution in [1.82, 2.24) is 0 Å². The van der Waals surface area contributed by atoms with Crippen LogP contribution in [-0.2, 0) is 11.2 Å². The van der Waals surface area contributed by atoms with Crippen molar-refractivity contribution in [3.05, 3.63) is 71.3 Å². The fraction of sp³-hybridized carbons (Fsp3) is 0.125. The molecule has 0 amide bonds. The van der Waals surface area contributed by atoms with E-state index in [0.717, 1.165) is 11.1 Å². The molecular weight excluding hydrogens is 238 g/mol. The molecule has 2 aromatic carbocycles. The third kappa shape index (κ3) is 3.20. The molecule has 3 heteroatoms. The summed E-state index contributed by atoms with van der Waals surface area (Å²) in [4.78, 5) is 11.4. The highest BCUT2D eigenvalue weighted by molar-refractivity contribution is 5.76. The number of carbonyl (C=O) groups is 1. The highest BCUT2D eigenvalue weighted by Gasteiger charge is 2.20. The van der Waals surface area contributed by atoms with Gasteiger partial charge in [-0.05, 0) is 29.7 Å². The standard InChI is InChI=1S/C16H13NO2/c17-11-13-6-8-14(9-7-13)15(16(18)19)10-12-4-2-1-3-5-12/h1-9,15H,10H2,(H,18,19). The summed E-state index contributed by atoms with van der Waals surface area (Å²) in [6, 6.07) is 18.3. The summed E-state index contributed by atoms with van der Waals surface area (Å²) >= 11 is 0. The Morgan fingerprint density at radius 1 is 1.11 bits per heavy atom. The molecule has 1 N–H and O–H groups in total. The number of hydrogen-bond donors (Lipinski definition) is 1. The van der Waals surface area contributed by atoms with Crippen molar-refractivity contribution in [2.75, 3.05) is 0 Å². The molecule has 94 valence electrons. The van der Waals surface area contributed by atoms with Gasteiger partial charge in [0.2, 0.25) is 0 Å². The Hall–Kier alpha value is -2.60. The minimum Gasteiger partial charge on any atom is -0.481 e. The van der Waals surface area contributed by atoms with Gasteiger partial charge in [0.05, 0.1) is 17.6 Å². The van der Waals surface area contributed by atoms with Crippen LogP contribution >= 0.6 is 0 Å². The molecule has 19 heavy (non-hydrogen) atoms. The van der Waals surface area contributed by atoms with Crippen LogP contribution in [0.2, 0.25) is 0 Å². The summed E-state index contributed by atoms with van der Waals surface area (Å²) in [5, 5.41) is 18.1. The maximum Gasteiger partial charge on any atom is 0.311 e. The normalized spacial score (nSPS) is 11.5. The van der Waals surface area contributed by atoms with Crippen LogP contribution in [0.15, 0.2) is 54.6 Å². The SMILES string of the molecule is N#Cc1ccc(C(Cc2ccccc2)C(=O)O)cc1. The van der Waals surface area contributed by atoms with Crippen LogP contribution < -0.4 is 0 Å². The number of carboxylic acids is 1. The molecule has 0 fully saturated rings. The Bertz CT molecular complexity index is 597. The van der Waals surface area contributed by atoms with E-state index in [1.807, 2.05) is 36.4 Å². The zero-order chi connectivity index (χ0) is 13.7. The molecule has 0 radical (unpaired) electrons. The summed E-state index contributed by atoms with van der Waals surface area (Å²) < 4.78 is 0. The van der Waals surface area contributed by atoms with Gasteiger partial charge in [0.25, 0.3) is 0 Å². The van der Waals surface area contributed by atoms with Crippen molar-refractivity contribution in [2.24, 2.45) is 0 Å². The monoisotopic (exact) mass is 251 g/mol. The first-order chi connectivity index (χ1) is 9.20. The first-order valence-electron chi connectivity index (χ1n) is 5.97. The molecule has 1 atom stereocenters. The highest BCUT2D eigenvalue weighted by atomic mass is 16.4. The topological polar surface area (TPSA) is 61.1 Å². The molecule has 3 nitrogen and oxygen atoms in total. The van der Waals surface area contributed by atoms with Crippen molar-refractivity contribution < 1.29 is 9.90 Å². The van der Waals surface area contributed by atoms with Gasteiger partial charge in [0, 0.05) is 0 Å². The minimum atomic E-state index is -0.853. The molecule has 2 rings (SSSR count). The summed E-state index contributed by atoms with van der Waals surface area (Å²) in [5.41, 5.74) is 2.24. The average Bonchev–Trinajstić information content (AvgIpc) is 2.46. The molecule has 0 saturated carbocycles. The van der Waals surface area contributed by atoms with E-state index < -0.39 is 11.9 Å². The summed E-state index contributed by atoms with van der Waals surface area (Å²) in [6.07, 6.45) is 0.447. The number of aliphatic carboxylic acids is 1. The van der Waals surface area contributed by atoms with E-state index in [-0.39, 0.29) is 0 Å². The Morgan fingerprint density at radius 3 is 2.26 bits per heavy atom. The van der Waals surface area contributed by atoms with Gasteiger partial charge in [-0.3, -0.25) is 4.79 Å². The quantitative estimate of drug-likeness (QED) is 0.908. The maximum atomic E-state index is 11.4. The molecule has 0 bridgehead atoms. The zero-order valence-corrected chi connectivity index (χ0v) is 10.3. The van der Waals surface area contributed by atoms with E-state index in [1.54, 1.807) is 24.3 Å². The van der Waals surface area contributed by atoms with Gasteiger partial charge in [0.1, 0.15) is 0 Å². The van der Waals surface area contributed by atoms with Crippen LogP contribution in [0.25, 0.3) is 0 Å². The highest BCUT2D eigenvalue weighted by Crippen LogP contribution is 2.21. The Kier molecular flexibility index (Phi) is 3.94. The third-order valence-electron chi connectivity index (χ3n) is 3.02. The second kappa shape index (κ2) is 5.83. The fourth-order valence-electron chi connectivity index (χ4n) is 1.99. The fourth-order valence-corrected chi connectivity index (χ4v) is 1.99. The van der Waals surface area contributed by atoms with Crippen LogP contribution in [0.3, 0.4) is 0 Å². The summed E-state index contributed by atoms with van der Waals surface area (Å²) in [6.45, 7) is 0.